The molecule has 0 spiro atoms. The number of ether oxygens (including phenoxy) is 2. The van der Waals surface area contributed by atoms with Crippen molar-refractivity contribution in [2.24, 2.45) is 0 Å². The third kappa shape index (κ3) is 4.36. The first kappa shape index (κ1) is 18.3. The van der Waals surface area contributed by atoms with E-state index in [0.29, 0.717) is 23.0 Å². The van der Waals surface area contributed by atoms with Crippen LogP contribution in [-0.2, 0) is 16.6 Å². The number of hydrogen-bond acceptors (Lipinski definition) is 5. The van der Waals surface area contributed by atoms with Crippen LogP contribution in [0.25, 0.3) is 0 Å². The lowest BCUT2D eigenvalue weighted by Crippen LogP contribution is -2.28. The molecule has 2 aromatic rings. The highest BCUT2D eigenvalue weighted by Crippen LogP contribution is 2.32. The fourth-order valence-electron chi connectivity index (χ4n) is 2.38. The van der Waals surface area contributed by atoms with E-state index < -0.39 is 10.0 Å². The zero-order valence-electron chi connectivity index (χ0n) is 14.4. The Morgan fingerprint density at radius 3 is 2.73 bits per heavy atom. The Labute approximate surface area is 158 Å². The molecule has 1 aliphatic rings. The summed E-state index contributed by atoms with van der Waals surface area (Å²) in [5, 5.41) is 6.60. The molecule has 9 heteroatoms. The molecular weight excluding hydrogens is 374 g/mol. The minimum Gasteiger partial charge on any atom is -0.454 e. The summed E-state index contributed by atoms with van der Waals surface area (Å²) < 4.78 is 35.2. The lowest BCUT2D eigenvalue weighted by atomic mass is 10.2. The summed E-state index contributed by atoms with van der Waals surface area (Å²) in [6, 6.07) is 12.7. The Balaban J connectivity index is 1.60. The van der Waals surface area contributed by atoms with Crippen molar-refractivity contribution in [1.29, 1.82) is 0 Å². The lowest BCUT2D eigenvalue weighted by molar-refractivity contribution is 0.174. The van der Waals surface area contributed by atoms with E-state index in [0.717, 1.165) is 23.3 Å². The van der Waals surface area contributed by atoms with Crippen LogP contribution in [-0.4, -0.2) is 33.6 Å². The van der Waals surface area contributed by atoms with Gasteiger partial charge in [-0.2, -0.15) is 0 Å². The van der Waals surface area contributed by atoms with Crippen LogP contribution in [0.1, 0.15) is 5.56 Å². The highest BCUT2D eigenvalue weighted by atomic mass is 32.2. The van der Waals surface area contributed by atoms with Crippen LogP contribution in [0.2, 0.25) is 0 Å². The van der Waals surface area contributed by atoms with Gasteiger partial charge in [0.15, 0.2) is 16.6 Å². The van der Waals surface area contributed by atoms with Crippen molar-refractivity contribution in [2.75, 3.05) is 29.7 Å². The van der Waals surface area contributed by atoms with E-state index in [-0.39, 0.29) is 6.79 Å². The Hall–Kier alpha value is -2.52. The van der Waals surface area contributed by atoms with Crippen LogP contribution in [0.15, 0.2) is 42.5 Å². The molecule has 2 aromatic carbocycles. The summed E-state index contributed by atoms with van der Waals surface area (Å²) in [7, 11) is -1.81. The molecule has 1 aliphatic heterocycles. The number of hydrogen-bond donors (Lipinski definition) is 2. The van der Waals surface area contributed by atoms with Crippen molar-refractivity contribution in [1.82, 2.24) is 5.32 Å². The molecule has 3 rings (SSSR count). The number of nitrogens with one attached hydrogen (secondary N) is 2. The first-order valence-corrected chi connectivity index (χ1v) is 10.1. The monoisotopic (exact) mass is 393 g/mol. The van der Waals surface area contributed by atoms with E-state index in [1.807, 2.05) is 24.3 Å². The quantitative estimate of drug-likeness (QED) is 0.755. The van der Waals surface area contributed by atoms with Crippen molar-refractivity contribution in [3.05, 3.63) is 48.0 Å². The van der Waals surface area contributed by atoms with Crippen molar-refractivity contribution < 1.29 is 17.9 Å². The van der Waals surface area contributed by atoms with Crippen LogP contribution < -0.4 is 24.4 Å². The number of nitrogens with zero attached hydrogens (tertiary/aromatic N) is 1. The molecule has 0 aromatic heterocycles. The number of rotatable bonds is 5. The molecule has 0 saturated carbocycles. The maximum absolute atomic E-state index is 11.7. The third-order valence-electron chi connectivity index (χ3n) is 3.86. The molecule has 0 atom stereocenters. The first-order chi connectivity index (χ1) is 12.3. The van der Waals surface area contributed by atoms with Crippen LogP contribution in [0.5, 0.6) is 11.5 Å². The predicted molar refractivity (Wildman–Crippen MR) is 105 cm³/mol. The lowest BCUT2D eigenvalue weighted by Gasteiger charge is -2.18. The predicted octanol–water partition coefficient (Wildman–Crippen LogP) is 2.30. The van der Waals surface area contributed by atoms with Crippen molar-refractivity contribution in [2.45, 2.75) is 6.54 Å². The van der Waals surface area contributed by atoms with Gasteiger partial charge in [0.05, 0.1) is 11.9 Å². The van der Waals surface area contributed by atoms with Crippen LogP contribution in [0.3, 0.4) is 0 Å². The van der Waals surface area contributed by atoms with Gasteiger partial charge in [0, 0.05) is 19.3 Å². The number of anilines is 2. The van der Waals surface area contributed by atoms with Crippen LogP contribution in [0, 0.1) is 0 Å². The van der Waals surface area contributed by atoms with E-state index in [4.69, 9.17) is 21.7 Å². The standard InChI is InChI=1S/C17H19N3O4S2/c1-20(26(2,21)22)14-5-3-4-13(9-14)19-17(25)18-10-12-6-7-15-16(8-12)24-11-23-15/h3-9H,10-11H2,1-2H3,(H2,18,19,25). The number of sulfonamides is 1. The van der Waals surface area contributed by atoms with Gasteiger partial charge >= 0.3 is 0 Å². The molecule has 2 N–H and O–H groups in total. The van der Waals surface area contributed by atoms with Gasteiger partial charge in [-0.25, -0.2) is 8.42 Å². The number of thiocarbonyl (C=S) groups is 1. The molecule has 0 bridgehead atoms. The zero-order valence-corrected chi connectivity index (χ0v) is 16.0. The molecule has 0 aliphatic carbocycles. The van der Waals surface area contributed by atoms with Crippen LogP contribution >= 0.6 is 12.2 Å². The second-order valence-corrected chi connectivity index (χ2v) is 8.20. The van der Waals surface area contributed by atoms with Gasteiger partial charge in [-0.15, -0.1) is 0 Å². The Bertz CT molecular complexity index is 931. The summed E-state index contributed by atoms with van der Waals surface area (Å²) in [6.07, 6.45) is 1.16. The second kappa shape index (κ2) is 7.38. The minimum atomic E-state index is -3.32. The first-order valence-electron chi connectivity index (χ1n) is 7.80. The third-order valence-corrected chi connectivity index (χ3v) is 5.31. The fourth-order valence-corrected chi connectivity index (χ4v) is 3.07. The topological polar surface area (TPSA) is 79.9 Å². The summed E-state index contributed by atoms with van der Waals surface area (Å²) in [5.41, 5.74) is 2.25. The van der Waals surface area contributed by atoms with Crippen molar-refractivity contribution in [3.8, 4) is 11.5 Å². The van der Waals surface area contributed by atoms with Gasteiger partial charge in [-0.1, -0.05) is 12.1 Å². The van der Waals surface area contributed by atoms with Crippen molar-refractivity contribution >= 4 is 38.7 Å². The summed E-state index contributed by atoms with van der Waals surface area (Å²) in [6.45, 7) is 0.760. The normalized spacial score (nSPS) is 12.5. The smallest absolute Gasteiger partial charge is 0.231 e. The minimum absolute atomic E-state index is 0.241. The Morgan fingerprint density at radius 1 is 1.19 bits per heavy atom. The van der Waals surface area contributed by atoms with Gasteiger partial charge in [0.25, 0.3) is 0 Å². The van der Waals surface area contributed by atoms with E-state index >= 15 is 0 Å². The Morgan fingerprint density at radius 2 is 1.96 bits per heavy atom. The van der Waals surface area contributed by atoms with Gasteiger partial charge in [-0.05, 0) is 48.1 Å². The van der Waals surface area contributed by atoms with Crippen molar-refractivity contribution in [3.63, 3.8) is 0 Å². The van der Waals surface area contributed by atoms with E-state index in [2.05, 4.69) is 10.6 Å². The van der Waals surface area contributed by atoms with Gasteiger partial charge < -0.3 is 20.1 Å². The number of benzene rings is 2. The zero-order chi connectivity index (χ0) is 18.7. The van der Waals surface area contributed by atoms with E-state index in [9.17, 15) is 8.42 Å². The average molecular weight is 393 g/mol. The maximum atomic E-state index is 11.7. The summed E-state index contributed by atoms with van der Waals surface area (Å²) >= 11 is 5.31. The summed E-state index contributed by atoms with van der Waals surface area (Å²) in [5.74, 6) is 1.46. The van der Waals surface area contributed by atoms with Gasteiger partial charge in [-0.3, -0.25) is 4.31 Å². The molecular formula is C17H19N3O4S2. The fraction of sp³-hybridized carbons (Fsp3) is 0.235. The Kier molecular flexibility index (Phi) is 5.19. The highest BCUT2D eigenvalue weighted by Gasteiger charge is 2.14. The SMILES string of the molecule is CN(c1cccc(NC(=S)NCc2ccc3c(c2)OCO3)c1)S(C)(=O)=O. The molecule has 0 amide bonds. The van der Waals surface area contributed by atoms with Gasteiger partial charge in [0.1, 0.15) is 0 Å². The molecule has 0 saturated heterocycles. The highest BCUT2D eigenvalue weighted by molar-refractivity contribution is 7.92. The maximum Gasteiger partial charge on any atom is 0.231 e. The second-order valence-electron chi connectivity index (χ2n) is 5.78. The molecule has 1 heterocycles. The van der Waals surface area contributed by atoms with Gasteiger partial charge in [0.2, 0.25) is 16.8 Å². The number of fused-ring (bicyclic) bond motifs is 1. The molecule has 7 nitrogen and oxygen atoms in total. The van der Waals surface area contributed by atoms with Crippen LogP contribution in [0.4, 0.5) is 11.4 Å². The molecule has 26 heavy (non-hydrogen) atoms. The average Bonchev–Trinajstić information content (AvgIpc) is 3.06. The summed E-state index contributed by atoms with van der Waals surface area (Å²) in [4.78, 5) is 0. The largest absolute Gasteiger partial charge is 0.454 e. The molecule has 138 valence electrons. The molecule has 0 fully saturated rings. The van der Waals surface area contributed by atoms with E-state index in [1.54, 1.807) is 18.2 Å². The molecule has 0 radical (unpaired) electrons. The van der Waals surface area contributed by atoms with E-state index in [1.165, 1.54) is 11.4 Å². The molecule has 0 unspecified atom stereocenters.